The molecule has 7 heteroatoms. The molecule has 1 aromatic carbocycles. The normalized spacial score (nSPS) is 18.2. The number of piperidine rings is 1. The Kier molecular flexibility index (Phi) is 5.71. The molecule has 4 rings (SSSR count). The number of rotatable bonds is 4. The molecule has 1 N–H and O–H groups in total. The molecular weight excluding hydrogens is 352 g/mol. The van der Waals surface area contributed by atoms with Crippen LogP contribution in [0.15, 0.2) is 36.7 Å². The molecule has 0 bridgehead atoms. The Labute approximate surface area is 166 Å². The maximum atomic E-state index is 12.6. The molecule has 2 aliphatic rings. The van der Waals surface area contributed by atoms with Crippen molar-refractivity contribution in [2.75, 3.05) is 61.4 Å². The molecule has 0 radical (unpaired) electrons. The Morgan fingerprint density at radius 3 is 2.32 bits per heavy atom. The van der Waals surface area contributed by atoms with Gasteiger partial charge in [0.1, 0.15) is 17.8 Å². The van der Waals surface area contributed by atoms with Gasteiger partial charge in [0, 0.05) is 56.7 Å². The van der Waals surface area contributed by atoms with Gasteiger partial charge in [0.25, 0.3) is 5.91 Å². The molecule has 0 atom stereocenters. The monoisotopic (exact) mass is 380 g/mol. The highest BCUT2D eigenvalue weighted by Gasteiger charge is 2.16. The van der Waals surface area contributed by atoms with Gasteiger partial charge in [-0.25, -0.2) is 9.97 Å². The van der Waals surface area contributed by atoms with Gasteiger partial charge in [-0.2, -0.15) is 0 Å². The van der Waals surface area contributed by atoms with Crippen LogP contribution in [0, 0.1) is 0 Å². The number of carbonyl (C=O) groups excluding carboxylic acids is 1. The lowest BCUT2D eigenvalue weighted by Gasteiger charge is -2.34. The van der Waals surface area contributed by atoms with Gasteiger partial charge in [0.15, 0.2) is 0 Å². The standard InChI is InChI=1S/C21H28N6O/c1-25-11-13-26(14-12-25)18-7-5-17(6-8-18)24-21(28)19-15-20(23-16-22-19)27-9-3-2-4-10-27/h5-8,15-16H,2-4,9-14H2,1H3,(H,24,28). The van der Waals surface area contributed by atoms with Crippen molar-refractivity contribution in [3.05, 3.63) is 42.4 Å². The molecule has 3 heterocycles. The van der Waals surface area contributed by atoms with E-state index in [1.54, 1.807) is 6.07 Å². The molecule has 0 unspecified atom stereocenters. The SMILES string of the molecule is CN1CCN(c2ccc(NC(=O)c3cc(N4CCCCC4)ncn3)cc2)CC1. The topological polar surface area (TPSA) is 64.6 Å². The number of nitrogens with one attached hydrogen (secondary N) is 1. The van der Waals surface area contributed by atoms with Crippen LogP contribution in [0.25, 0.3) is 0 Å². The van der Waals surface area contributed by atoms with E-state index in [1.165, 1.54) is 31.3 Å². The summed E-state index contributed by atoms with van der Waals surface area (Å²) in [5.41, 5.74) is 2.38. The summed E-state index contributed by atoms with van der Waals surface area (Å²) in [6.07, 6.45) is 5.09. The van der Waals surface area contributed by atoms with Gasteiger partial charge in [0.05, 0.1) is 0 Å². The average Bonchev–Trinajstić information content (AvgIpc) is 2.76. The van der Waals surface area contributed by atoms with Crippen LogP contribution in [0.1, 0.15) is 29.8 Å². The van der Waals surface area contributed by atoms with Crippen LogP contribution < -0.4 is 15.1 Å². The van der Waals surface area contributed by atoms with E-state index in [2.05, 4.69) is 49.2 Å². The first-order valence-electron chi connectivity index (χ1n) is 10.1. The van der Waals surface area contributed by atoms with Crippen LogP contribution in [-0.4, -0.2) is 67.1 Å². The molecule has 2 saturated heterocycles. The van der Waals surface area contributed by atoms with E-state index in [0.29, 0.717) is 5.69 Å². The largest absolute Gasteiger partial charge is 0.369 e. The van der Waals surface area contributed by atoms with Gasteiger partial charge in [-0.05, 0) is 50.6 Å². The molecule has 1 aromatic heterocycles. The lowest BCUT2D eigenvalue weighted by Crippen LogP contribution is -2.44. The number of hydrogen-bond acceptors (Lipinski definition) is 6. The van der Waals surface area contributed by atoms with Gasteiger partial charge in [-0.3, -0.25) is 4.79 Å². The molecule has 1 amide bonds. The average molecular weight is 380 g/mol. The fourth-order valence-corrected chi connectivity index (χ4v) is 3.78. The minimum Gasteiger partial charge on any atom is -0.369 e. The number of hydrogen-bond donors (Lipinski definition) is 1. The molecule has 2 aliphatic heterocycles. The van der Waals surface area contributed by atoms with E-state index in [-0.39, 0.29) is 5.91 Å². The smallest absolute Gasteiger partial charge is 0.274 e. The zero-order valence-electron chi connectivity index (χ0n) is 16.5. The first-order valence-corrected chi connectivity index (χ1v) is 10.1. The molecule has 7 nitrogen and oxygen atoms in total. The second-order valence-electron chi connectivity index (χ2n) is 7.60. The number of likely N-dealkylation sites (N-methyl/N-ethyl adjacent to an activating group) is 1. The van der Waals surface area contributed by atoms with E-state index in [9.17, 15) is 4.79 Å². The quantitative estimate of drug-likeness (QED) is 0.879. The number of piperazine rings is 1. The summed E-state index contributed by atoms with van der Waals surface area (Å²) < 4.78 is 0. The van der Waals surface area contributed by atoms with Crippen LogP contribution in [0.4, 0.5) is 17.2 Å². The number of nitrogens with zero attached hydrogens (tertiary/aromatic N) is 5. The molecule has 0 saturated carbocycles. The number of anilines is 3. The van der Waals surface area contributed by atoms with Crippen molar-refractivity contribution in [3.63, 3.8) is 0 Å². The van der Waals surface area contributed by atoms with Crippen molar-refractivity contribution in [2.45, 2.75) is 19.3 Å². The highest BCUT2D eigenvalue weighted by Crippen LogP contribution is 2.21. The van der Waals surface area contributed by atoms with Gasteiger partial charge in [0.2, 0.25) is 0 Å². The van der Waals surface area contributed by atoms with Crippen LogP contribution >= 0.6 is 0 Å². The number of amides is 1. The Hall–Kier alpha value is -2.67. The minimum absolute atomic E-state index is 0.201. The first-order chi connectivity index (χ1) is 13.7. The molecule has 2 aromatic rings. The maximum Gasteiger partial charge on any atom is 0.274 e. The predicted molar refractivity (Wildman–Crippen MR) is 112 cm³/mol. The van der Waals surface area contributed by atoms with E-state index in [0.717, 1.165) is 50.8 Å². The third-order valence-electron chi connectivity index (χ3n) is 5.56. The molecule has 148 valence electrons. The summed E-state index contributed by atoms with van der Waals surface area (Å²) in [4.78, 5) is 28.1. The van der Waals surface area contributed by atoms with Gasteiger partial charge >= 0.3 is 0 Å². The summed E-state index contributed by atoms with van der Waals surface area (Å²) in [6, 6.07) is 9.84. The van der Waals surface area contributed by atoms with Crippen molar-refractivity contribution < 1.29 is 4.79 Å². The number of carbonyl (C=O) groups is 1. The van der Waals surface area contributed by atoms with Crippen molar-refractivity contribution in [3.8, 4) is 0 Å². The fraction of sp³-hybridized carbons (Fsp3) is 0.476. The summed E-state index contributed by atoms with van der Waals surface area (Å²) >= 11 is 0. The van der Waals surface area contributed by atoms with E-state index < -0.39 is 0 Å². The lowest BCUT2D eigenvalue weighted by atomic mass is 10.1. The van der Waals surface area contributed by atoms with Crippen LogP contribution in [0.5, 0.6) is 0 Å². The molecule has 0 spiro atoms. The predicted octanol–water partition coefficient (Wildman–Crippen LogP) is 2.47. The third-order valence-corrected chi connectivity index (χ3v) is 5.56. The highest BCUT2D eigenvalue weighted by molar-refractivity contribution is 6.03. The second-order valence-corrected chi connectivity index (χ2v) is 7.60. The summed E-state index contributed by atoms with van der Waals surface area (Å²) in [6.45, 7) is 6.19. The Bertz CT molecular complexity index is 795. The Morgan fingerprint density at radius 2 is 1.61 bits per heavy atom. The summed E-state index contributed by atoms with van der Waals surface area (Å²) in [5.74, 6) is 0.637. The zero-order valence-corrected chi connectivity index (χ0v) is 16.5. The van der Waals surface area contributed by atoms with Gasteiger partial charge in [-0.1, -0.05) is 0 Å². The molecular formula is C21H28N6O. The second kappa shape index (κ2) is 8.56. The highest BCUT2D eigenvalue weighted by atomic mass is 16.1. The number of benzene rings is 1. The van der Waals surface area contributed by atoms with Crippen molar-refractivity contribution in [1.82, 2.24) is 14.9 Å². The Balaban J connectivity index is 1.39. The molecule has 0 aliphatic carbocycles. The van der Waals surface area contributed by atoms with Crippen molar-refractivity contribution in [2.24, 2.45) is 0 Å². The van der Waals surface area contributed by atoms with E-state index in [1.807, 2.05) is 12.1 Å². The van der Waals surface area contributed by atoms with Crippen LogP contribution in [-0.2, 0) is 0 Å². The van der Waals surface area contributed by atoms with E-state index in [4.69, 9.17) is 0 Å². The van der Waals surface area contributed by atoms with Gasteiger partial charge in [-0.15, -0.1) is 0 Å². The first kappa shape index (κ1) is 18.7. The van der Waals surface area contributed by atoms with Gasteiger partial charge < -0.3 is 20.0 Å². The van der Waals surface area contributed by atoms with E-state index >= 15 is 0 Å². The fourth-order valence-electron chi connectivity index (χ4n) is 3.78. The van der Waals surface area contributed by atoms with Crippen molar-refractivity contribution >= 4 is 23.1 Å². The third kappa shape index (κ3) is 4.42. The summed E-state index contributed by atoms with van der Waals surface area (Å²) in [7, 11) is 2.15. The molecule has 28 heavy (non-hydrogen) atoms. The molecule has 2 fully saturated rings. The number of aromatic nitrogens is 2. The maximum absolute atomic E-state index is 12.6. The summed E-state index contributed by atoms with van der Waals surface area (Å²) in [5, 5.41) is 2.95. The zero-order chi connectivity index (χ0) is 19.3. The lowest BCUT2D eigenvalue weighted by molar-refractivity contribution is 0.102. The van der Waals surface area contributed by atoms with Crippen LogP contribution in [0.3, 0.4) is 0 Å². The minimum atomic E-state index is -0.201. The van der Waals surface area contributed by atoms with Crippen molar-refractivity contribution in [1.29, 1.82) is 0 Å². The Morgan fingerprint density at radius 1 is 0.893 bits per heavy atom. The van der Waals surface area contributed by atoms with Crippen LogP contribution in [0.2, 0.25) is 0 Å².